The van der Waals surface area contributed by atoms with E-state index in [1.807, 2.05) is 13.8 Å². The van der Waals surface area contributed by atoms with Crippen LogP contribution in [0.2, 0.25) is 0 Å². The summed E-state index contributed by atoms with van der Waals surface area (Å²) in [7, 11) is 1.55. The summed E-state index contributed by atoms with van der Waals surface area (Å²) in [6.07, 6.45) is 0. The van der Waals surface area contributed by atoms with Gasteiger partial charge in [-0.15, -0.1) is 0 Å². The molecule has 2 aromatic rings. The number of ether oxygens (including phenoxy) is 2. The largest absolute Gasteiger partial charge is 0.507 e. The average molecular weight is 481 g/mol. The van der Waals surface area contributed by atoms with Crippen LogP contribution >= 0.6 is 0 Å². The number of aliphatic hydroxyl groups excluding tert-OH is 1. The fraction of sp³-hybridized carbons (Fsp3) is 0.370. The monoisotopic (exact) mass is 480 g/mol. The van der Waals surface area contributed by atoms with Crippen LogP contribution in [0.1, 0.15) is 43.5 Å². The van der Waals surface area contributed by atoms with Gasteiger partial charge in [-0.1, -0.05) is 26.0 Å². The van der Waals surface area contributed by atoms with E-state index in [0.717, 1.165) is 13.1 Å². The van der Waals surface area contributed by atoms with Gasteiger partial charge in [-0.2, -0.15) is 0 Å². The van der Waals surface area contributed by atoms with E-state index in [4.69, 9.17) is 9.47 Å². The fourth-order valence-corrected chi connectivity index (χ4v) is 4.30. The zero-order valence-corrected chi connectivity index (χ0v) is 20.8. The van der Waals surface area contributed by atoms with Crippen molar-refractivity contribution in [3.63, 3.8) is 0 Å². The van der Waals surface area contributed by atoms with Gasteiger partial charge >= 0.3 is 5.97 Å². The Labute approximate surface area is 205 Å². The van der Waals surface area contributed by atoms with E-state index < -0.39 is 23.7 Å². The van der Waals surface area contributed by atoms with Crippen molar-refractivity contribution in [2.24, 2.45) is 0 Å². The standard InChI is InChI=1S/C27H32N2O6/c1-6-28(7-2)14-15-29-24(19-8-10-20(11-9-19)35-18(4)30)23(26(32)27(29)33)25(31)22-13-12-21(34-5)16-17(22)3/h8-13,16,24,31H,6-7,14-15H2,1-5H3/b25-23-. The van der Waals surface area contributed by atoms with Crippen LogP contribution in [0.15, 0.2) is 48.0 Å². The number of methoxy groups -OCH3 is 1. The number of Topliss-reactive ketones (excluding diaryl/α,β-unsaturated/α-hetero) is 1. The Hall–Kier alpha value is -3.65. The van der Waals surface area contributed by atoms with Crippen molar-refractivity contribution < 1.29 is 29.0 Å². The number of aliphatic hydroxyl groups is 1. The lowest BCUT2D eigenvalue weighted by Gasteiger charge is -2.28. The van der Waals surface area contributed by atoms with Gasteiger partial charge in [0.1, 0.15) is 17.3 Å². The van der Waals surface area contributed by atoms with Crippen LogP contribution in [0.4, 0.5) is 0 Å². The van der Waals surface area contributed by atoms with E-state index in [1.165, 1.54) is 11.8 Å². The third-order valence-electron chi connectivity index (χ3n) is 6.24. The summed E-state index contributed by atoms with van der Waals surface area (Å²) >= 11 is 0. The Morgan fingerprint density at radius 3 is 2.23 bits per heavy atom. The molecule has 8 heteroatoms. The number of rotatable bonds is 9. The first-order chi connectivity index (χ1) is 16.7. The lowest BCUT2D eigenvalue weighted by Crippen LogP contribution is -2.38. The molecule has 0 spiro atoms. The molecule has 0 saturated carbocycles. The summed E-state index contributed by atoms with van der Waals surface area (Å²) in [4.78, 5) is 41.3. The maximum atomic E-state index is 13.2. The van der Waals surface area contributed by atoms with Crippen molar-refractivity contribution in [3.05, 3.63) is 64.7 Å². The highest BCUT2D eigenvalue weighted by atomic mass is 16.5. The molecule has 0 radical (unpaired) electrons. The molecule has 1 atom stereocenters. The van der Waals surface area contributed by atoms with E-state index in [9.17, 15) is 19.5 Å². The molecule has 0 aliphatic carbocycles. The molecule has 1 N–H and O–H groups in total. The number of carbonyl (C=O) groups is 3. The van der Waals surface area contributed by atoms with Crippen molar-refractivity contribution in [1.82, 2.24) is 9.80 Å². The second-order valence-electron chi connectivity index (χ2n) is 8.36. The number of ketones is 1. The highest BCUT2D eigenvalue weighted by molar-refractivity contribution is 6.46. The van der Waals surface area contributed by atoms with Gasteiger partial charge in [-0.25, -0.2) is 0 Å². The van der Waals surface area contributed by atoms with Crippen molar-refractivity contribution in [1.29, 1.82) is 0 Å². The molecule has 1 saturated heterocycles. The van der Waals surface area contributed by atoms with Crippen molar-refractivity contribution >= 4 is 23.4 Å². The third kappa shape index (κ3) is 5.54. The van der Waals surface area contributed by atoms with Gasteiger partial charge in [0, 0.05) is 25.6 Å². The zero-order valence-electron chi connectivity index (χ0n) is 20.8. The van der Waals surface area contributed by atoms with Crippen LogP contribution in [0.5, 0.6) is 11.5 Å². The smallest absolute Gasteiger partial charge is 0.308 e. The highest BCUT2D eigenvalue weighted by Crippen LogP contribution is 2.40. The number of nitrogens with zero attached hydrogens (tertiary/aromatic N) is 2. The minimum Gasteiger partial charge on any atom is -0.507 e. The van der Waals surface area contributed by atoms with Gasteiger partial charge in [-0.3, -0.25) is 14.4 Å². The summed E-state index contributed by atoms with van der Waals surface area (Å²) in [5.74, 6) is -1.09. The van der Waals surface area contributed by atoms with Crippen molar-refractivity contribution in [2.75, 3.05) is 33.3 Å². The van der Waals surface area contributed by atoms with Crippen LogP contribution < -0.4 is 9.47 Å². The first-order valence-electron chi connectivity index (χ1n) is 11.7. The Bertz CT molecular complexity index is 1130. The summed E-state index contributed by atoms with van der Waals surface area (Å²) < 4.78 is 10.4. The average Bonchev–Trinajstić information content (AvgIpc) is 3.09. The number of hydrogen-bond donors (Lipinski definition) is 1. The van der Waals surface area contributed by atoms with Crippen LogP contribution in [0.25, 0.3) is 5.76 Å². The van der Waals surface area contributed by atoms with Crippen LogP contribution in [0, 0.1) is 6.92 Å². The SMILES string of the molecule is CCN(CC)CCN1C(=O)C(=O)/C(=C(\O)c2ccc(OC)cc2C)C1c1ccc(OC(C)=O)cc1. The first kappa shape index (κ1) is 26.0. The minimum absolute atomic E-state index is 0.0306. The quantitative estimate of drug-likeness (QED) is 0.192. The molecular formula is C27H32N2O6. The van der Waals surface area contributed by atoms with E-state index >= 15 is 0 Å². The Morgan fingerprint density at radius 2 is 1.69 bits per heavy atom. The first-order valence-corrected chi connectivity index (χ1v) is 11.7. The summed E-state index contributed by atoms with van der Waals surface area (Å²) in [5, 5.41) is 11.3. The number of amides is 1. The number of esters is 1. The number of hydrogen-bond acceptors (Lipinski definition) is 7. The van der Waals surface area contributed by atoms with Crippen molar-refractivity contribution in [2.45, 2.75) is 33.7 Å². The van der Waals surface area contributed by atoms with Crippen LogP contribution in [-0.2, 0) is 14.4 Å². The topological polar surface area (TPSA) is 96.4 Å². The molecule has 1 unspecified atom stereocenters. The number of benzene rings is 2. The molecule has 0 aromatic heterocycles. The maximum Gasteiger partial charge on any atom is 0.308 e. The molecule has 1 aliphatic rings. The van der Waals surface area contributed by atoms with Gasteiger partial charge < -0.3 is 24.4 Å². The molecule has 1 amide bonds. The predicted molar refractivity (Wildman–Crippen MR) is 132 cm³/mol. The van der Waals surface area contributed by atoms with Gasteiger partial charge in [0.15, 0.2) is 0 Å². The normalized spacial score (nSPS) is 17.2. The second kappa shape index (κ2) is 11.2. The number of aryl methyl sites for hydroxylation is 1. The molecule has 1 heterocycles. The molecule has 8 nitrogen and oxygen atoms in total. The van der Waals surface area contributed by atoms with Crippen LogP contribution in [-0.4, -0.2) is 65.9 Å². The maximum absolute atomic E-state index is 13.2. The lowest BCUT2D eigenvalue weighted by atomic mass is 9.94. The molecule has 35 heavy (non-hydrogen) atoms. The number of likely N-dealkylation sites (tertiary alicyclic amines) is 1. The Balaban J connectivity index is 2.11. The van der Waals surface area contributed by atoms with Gasteiger partial charge in [0.25, 0.3) is 11.7 Å². The zero-order chi connectivity index (χ0) is 25.7. The van der Waals surface area contributed by atoms with Crippen LogP contribution in [0.3, 0.4) is 0 Å². The molecule has 1 fully saturated rings. The van der Waals surface area contributed by atoms with E-state index in [1.54, 1.807) is 56.5 Å². The Morgan fingerprint density at radius 1 is 1.06 bits per heavy atom. The molecule has 186 valence electrons. The molecular weight excluding hydrogens is 448 g/mol. The Kier molecular flexibility index (Phi) is 8.30. The highest BCUT2D eigenvalue weighted by Gasteiger charge is 2.46. The summed E-state index contributed by atoms with van der Waals surface area (Å²) in [6, 6.07) is 11.0. The number of carbonyl (C=O) groups excluding carboxylic acids is 3. The van der Waals surface area contributed by atoms with Gasteiger partial charge in [0.2, 0.25) is 0 Å². The van der Waals surface area contributed by atoms with E-state index in [0.29, 0.717) is 41.3 Å². The summed E-state index contributed by atoms with van der Waals surface area (Å²) in [5.41, 5.74) is 1.82. The molecule has 3 rings (SSSR count). The van der Waals surface area contributed by atoms with Gasteiger partial charge in [-0.05, 0) is 61.5 Å². The van der Waals surface area contributed by atoms with Gasteiger partial charge in [0.05, 0.1) is 18.7 Å². The molecule has 1 aliphatic heterocycles. The molecule has 2 aromatic carbocycles. The third-order valence-corrected chi connectivity index (χ3v) is 6.24. The number of likely N-dealkylation sites (N-methyl/N-ethyl adjacent to an activating group) is 1. The predicted octanol–water partition coefficient (Wildman–Crippen LogP) is 3.69. The minimum atomic E-state index is -0.779. The fourth-order valence-electron chi connectivity index (χ4n) is 4.30. The summed E-state index contributed by atoms with van der Waals surface area (Å²) in [6.45, 7) is 9.72. The second-order valence-corrected chi connectivity index (χ2v) is 8.36. The molecule has 0 bridgehead atoms. The van der Waals surface area contributed by atoms with E-state index in [2.05, 4.69) is 4.90 Å². The lowest BCUT2D eigenvalue weighted by molar-refractivity contribution is -0.140. The van der Waals surface area contributed by atoms with E-state index in [-0.39, 0.29) is 11.3 Å². The van der Waals surface area contributed by atoms with Crippen molar-refractivity contribution in [3.8, 4) is 11.5 Å².